The molecular formula is C19H21N3O. The Labute approximate surface area is 136 Å². The first-order chi connectivity index (χ1) is 11.0. The molecule has 3 rings (SSSR count). The molecule has 0 unspecified atom stereocenters. The highest BCUT2D eigenvalue weighted by molar-refractivity contribution is 6.05. The number of anilines is 1. The Balaban J connectivity index is 1.96. The van der Waals surface area contributed by atoms with Gasteiger partial charge in [-0.3, -0.25) is 4.79 Å². The number of hydrogen-bond acceptors (Lipinski definition) is 2. The van der Waals surface area contributed by atoms with Gasteiger partial charge < -0.3 is 9.72 Å². The van der Waals surface area contributed by atoms with Gasteiger partial charge in [0.15, 0.2) is 0 Å². The van der Waals surface area contributed by atoms with E-state index in [0.29, 0.717) is 5.56 Å². The number of fused-ring (bicyclic) bond motifs is 1. The quantitative estimate of drug-likeness (QED) is 0.792. The fourth-order valence-electron chi connectivity index (χ4n) is 2.88. The number of nitrogens with one attached hydrogen (secondary N) is 1. The third-order valence-corrected chi connectivity index (χ3v) is 4.27. The van der Waals surface area contributed by atoms with Crippen molar-refractivity contribution in [3.8, 4) is 0 Å². The molecule has 0 aliphatic carbocycles. The third-order valence-electron chi connectivity index (χ3n) is 4.27. The number of pyridine rings is 1. The molecule has 0 atom stereocenters. The zero-order chi connectivity index (χ0) is 16.6. The Bertz CT molecular complexity index is 873. The fraction of sp³-hybridized carbons (Fsp3) is 0.263. The van der Waals surface area contributed by atoms with Gasteiger partial charge in [-0.1, -0.05) is 25.1 Å². The van der Waals surface area contributed by atoms with Crippen LogP contribution in [0.25, 0.3) is 5.65 Å². The van der Waals surface area contributed by atoms with E-state index in [2.05, 4.69) is 17.2 Å². The van der Waals surface area contributed by atoms with Crippen LogP contribution in [0.15, 0.2) is 36.5 Å². The highest BCUT2D eigenvalue weighted by Gasteiger charge is 2.12. The molecule has 2 heterocycles. The van der Waals surface area contributed by atoms with Gasteiger partial charge in [-0.2, -0.15) is 0 Å². The number of hydrogen-bond donors (Lipinski definition) is 1. The van der Waals surface area contributed by atoms with Crippen LogP contribution >= 0.6 is 0 Å². The number of para-hydroxylation sites is 1. The van der Waals surface area contributed by atoms with Crippen LogP contribution in [0.2, 0.25) is 0 Å². The van der Waals surface area contributed by atoms with Gasteiger partial charge in [-0.25, -0.2) is 4.98 Å². The lowest BCUT2D eigenvalue weighted by Gasteiger charge is -2.11. The smallest absolute Gasteiger partial charge is 0.257 e. The summed E-state index contributed by atoms with van der Waals surface area (Å²) in [5.41, 5.74) is 6.67. The van der Waals surface area contributed by atoms with Crippen LogP contribution in [0.3, 0.4) is 0 Å². The largest absolute Gasteiger partial charge is 0.321 e. The molecule has 3 aromatic rings. The molecule has 0 radical (unpaired) electrons. The Morgan fingerprint density at radius 1 is 1.13 bits per heavy atom. The second kappa shape index (κ2) is 5.88. The van der Waals surface area contributed by atoms with Crippen LogP contribution in [0.5, 0.6) is 0 Å². The molecule has 4 nitrogen and oxygen atoms in total. The molecule has 4 heteroatoms. The van der Waals surface area contributed by atoms with Crippen molar-refractivity contribution in [3.63, 3.8) is 0 Å². The number of carbonyl (C=O) groups excluding carboxylic acids is 1. The van der Waals surface area contributed by atoms with Gasteiger partial charge in [0.1, 0.15) is 5.65 Å². The summed E-state index contributed by atoms with van der Waals surface area (Å²) < 4.78 is 1.98. The van der Waals surface area contributed by atoms with Gasteiger partial charge in [0.05, 0.1) is 11.3 Å². The van der Waals surface area contributed by atoms with Gasteiger partial charge in [-0.05, 0) is 50.5 Å². The van der Waals surface area contributed by atoms with Crippen molar-refractivity contribution in [1.29, 1.82) is 0 Å². The number of rotatable bonds is 3. The van der Waals surface area contributed by atoms with Crippen molar-refractivity contribution in [2.45, 2.75) is 34.1 Å². The molecule has 2 aromatic heterocycles. The standard InChI is InChI=1S/C19H21N3O/c1-5-16-14(4)22-11-15(9-10-17(22)20-16)19(23)21-18-12(2)7-6-8-13(18)3/h6-11H,5H2,1-4H3,(H,21,23). The van der Waals surface area contributed by atoms with Crippen LogP contribution in [0.4, 0.5) is 5.69 Å². The van der Waals surface area contributed by atoms with Crippen molar-refractivity contribution in [2.75, 3.05) is 5.32 Å². The van der Waals surface area contributed by atoms with Crippen molar-refractivity contribution in [1.82, 2.24) is 9.38 Å². The van der Waals surface area contributed by atoms with Crippen LogP contribution in [0.1, 0.15) is 39.8 Å². The minimum absolute atomic E-state index is 0.101. The molecule has 118 valence electrons. The maximum Gasteiger partial charge on any atom is 0.257 e. The van der Waals surface area contributed by atoms with E-state index in [1.807, 2.05) is 61.7 Å². The van der Waals surface area contributed by atoms with E-state index in [4.69, 9.17) is 0 Å². The topological polar surface area (TPSA) is 46.4 Å². The van der Waals surface area contributed by atoms with E-state index >= 15 is 0 Å². The monoisotopic (exact) mass is 307 g/mol. The number of aryl methyl sites for hydroxylation is 4. The lowest BCUT2D eigenvalue weighted by atomic mass is 10.1. The molecule has 23 heavy (non-hydrogen) atoms. The molecule has 1 aromatic carbocycles. The predicted molar refractivity (Wildman–Crippen MR) is 93.2 cm³/mol. The number of benzene rings is 1. The van der Waals surface area contributed by atoms with Crippen LogP contribution < -0.4 is 5.32 Å². The van der Waals surface area contributed by atoms with Gasteiger partial charge in [0.2, 0.25) is 0 Å². The lowest BCUT2D eigenvalue weighted by Crippen LogP contribution is -2.14. The fourth-order valence-corrected chi connectivity index (χ4v) is 2.88. The first-order valence-electron chi connectivity index (χ1n) is 7.86. The number of amides is 1. The van der Waals surface area contributed by atoms with E-state index < -0.39 is 0 Å². The molecular weight excluding hydrogens is 286 g/mol. The molecule has 0 aliphatic rings. The van der Waals surface area contributed by atoms with Crippen molar-refractivity contribution >= 4 is 17.2 Å². The third kappa shape index (κ3) is 2.72. The second-order valence-corrected chi connectivity index (χ2v) is 5.86. The number of aromatic nitrogens is 2. The number of carbonyl (C=O) groups is 1. The molecule has 1 amide bonds. The Kier molecular flexibility index (Phi) is 3.90. The van der Waals surface area contributed by atoms with Gasteiger partial charge >= 0.3 is 0 Å². The molecule has 1 N–H and O–H groups in total. The van der Waals surface area contributed by atoms with Crippen molar-refractivity contribution in [3.05, 3.63) is 64.6 Å². The van der Waals surface area contributed by atoms with Gasteiger partial charge in [0, 0.05) is 17.6 Å². The molecule has 0 aliphatic heterocycles. The Morgan fingerprint density at radius 3 is 2.48 bits per heavy atom. The van der Waals surface area contributed by atoms with E-state index in [1.165, 1.54) is 0 Å². The summed E-state index contributed by atoms with van der Waals surface area (Å²) in [7, 11) is 0. The summed E-state index contributed by atoms with van der Waals surface area (Å²) in [6, 6.07) is 9.71. The van der Waals surface area contributed by atoms with E-state index in [9.17, 15) is 4.79 Å². The first kappa shape index (κ1) is 15.3. The predicted octanol–water partition coefficient (Wildman–Crippen LogP) is 4.07. The average molecular weight is 307 g/mol. The zero-order valence-electron chi connectivity index (χ0n) is 14.0. The Morgan fingerprint density at radius 2 is 1.83 bits per heavy atom. The summed E-state index contributed by atoms with van der Waals surface area (Å²) in [6.07, 6.45) is 2.75. The maximum absolute atomic E-state index is 12.6. The van der Waals surface area contributed by atoms with E-state index in [-0.39, 0.29) is 5.91 Å². The minimum Gasteiger partial charge on any atom is -0.321 e. The van der Waals surface area contributed by atoms with Crippen molar-refractivity contribution in [2.24, 2.45) is 0 Å². The average Bonchev–Trinajstić information content (AvgIpc) is 2.86. The van der Waals surface area contributed by atoms with Crippen LogP contribution in [-0.2, 0) is 6.42 Å². The van der Waals surface area contributed by atoms with Gasteiger partial charge in [-0.15, -0.1) is 0 Å². The Hall–Kier alpha value is -2.62. The summed E-state index contributed by atoms with van der Waals surface area (Å²) in [4.78, 5) is 17.2. The maximum atomic E-state index is 12.6. The summed E-state index contributed by atoms with van der Waals surface area (Å²) in [5.74, 6) is -0.101. The normalized spacial score (nSPS) is 11.0. The molecule has 0 saturated heterocycles. The number of nitrogens with zero attached hydrogens (tertiary/aromatic N) is 2. The lowest BCUT2D eigenvalue weighted by molar-refractivity contribution is 0.102. The molecule has 0 spiro atoms. The molecule has 0 saturated carbocycles. The highest BCUT2D eigenvalue weighted by Crippen LogP contribution is 2.21. The zero-order valence-corrected chi connectivity index (χ0v) is 14.0. The van der Waals surface area contributed by atoms with E-state index in [1.54, 1.807) is 0 Å². The minimum atomic E-state index is -0.101. The SMILES string of the molecule is CCc1nc2ccc(C(=O)Nc3c(C)cccc3C)cn2c1C. The second-order valence-electron chi connectivity index (χ2n) is 5.86. The number of imidazole rings is 1. The summed E-state index contributed by atoms with van der Waals surface area (Å²) in [6.45, 7) is 8.12. The summed E-state index contributed by atoms with van der Waals surface area (Å²) >= 11 is 0. The highest BCUT2D eigenvalue weighted by atomic mass is 16.1. The summed E-state index contributed by atoms with van der Waals surface area (Å²) in [5, 5.41) is 3.03. The van der Waals surface area contributed by atoms with Crippen molar-refractivity contribution < 1.29 is 4.79 Å². The van der Waals surface area contributed by atoms with Crippen LogP contribution in [-0.4, -0.2) is 15.3 Å². The van der Waals surface area contributed by atoms with Gasteiger partial charge in [0.25, 0.3) is 5.91 Å². The molecule has 0 bridgehead atoms. The molecule has 0 fully saturated rings. The first-order valence-corrected chi connectivity index (χ1v) is 7.86. The van der Waals surface area contributed by atoms with E-state index in [0.717, 1.165) is 40.3 Å². The van der Waals surface area contributed by atoms with Crippen LogP contribution in [0, 0.1) is 20.8 Å².